The van der Waals surface area contributed by atoms with Crippen LogP contribution in [0.2, 0.25) is 0 Å². The molecule has 0 atom stereocenters. The quantitative estimate of drug-likeness (QED) is 0.821. The van der Waals surface area contributed by atoms with Crippen molar-refractivity contribution in [3.8, 4) is 0 Å². The summed E-state index contributed by atoms with van der Waals surface area (Å²) >= 11 is 0. The number of amides is 1. The van der Waals surface area contributed by atoms with Crippen molar-refractivity contribution < 1.29 is 4.79 Å². The third-order valence-electron chi connectivity index (χ3n) is 4.14. The number of carbonyl (C=O) groups excluding carboxylic acids is 1. The number of rotatable bonds is 3. The van der Waals surface area contributed by atoms with Gasteiger partial charge in [-0.05, 0) is 44.4 Å². The molecule has 3 nitrogen and oxygen atoms in total. The first-order chi connectivity index (χ1) is 9.00. The molecule has 1 aliphatic rings. The van der Waals surface area contributed by atoms with Gasteiger partial charge in [0.05, 0.1) is 5.41 Å². The highest BCUT2D eigenvalue weighted by Gasteiger charge is 2.31. The SMILES string of the molecule is CC(C)(C(=O)NC1CCCCC1)c1ccc(N)cc1. The molecule has 1 amide bonds. The third kappa shape index (κ3) is 3.28. The first-order valence-corrected chi connectivity index (χ1v) is 7.17. The van der Waals surface area contributed by atoms with Crippen LogP contribution in [0.5, 0.6) is 0 Å². The minimum atomic E-state index is -0.509. The van der Waals surface area contributed by atoms with E-state index in [-0.39, 0.29) is 5.91 Å². The summed E-state index contributed by atoms with van der Waals surface area (Å²) in [6.07, 6.45) is 5.99. The van der Waals surface area contributed by atoms with E-state index in [0.717, 1.165) is 24.1 Å². The minimum absolute atomic E-state index is 0.115. The van der Waals surface area contributed by atoms with Crippen molar-refractivity contribution >= 4 is 11.6 Å². The van der Waals surface area contributed by atoms with Crippen molar-refractivity contribution in [2.24, 2.45) is 0 Å². The Bertz CT molecular complexity index is 431. The van der Waals surface area contributed by atoms with Crippen LogP contribution in [0.25, 0.3) is 0 Å². The van der Waals surface area contributed by atoms with Crippen LogP contribution in [0.15, 0.2) is 24.3 Å². The van der Waals surface area contributed by atoms with Gasteiger partial charge in [0.15, 0.2) is 0 Å². The fourth-order valence-corrected chi connectivity index (χ4v) is 2.64. The molecule has 0 saturated heterocycles. The van der Waals surface area contributed by atoms with Gasteiger partial charge in [0.25, 0.3) is 0 Å². The fourth-order valence-electron chi connectivity index (χ4n) is 2.64. The summed E-state index contributed by atoms with van der Waals surface area (Å²) in [6, 6.07) is 7.94. The number of benzene rings is 1. The highest BCUT2D eigenvalue weighted by Crippen LogP contribution is 2.26. The maximum atomic E-state index is 12.5. The van der Waals surface area contributed by atoms with E-state index in [1.807, 2.05) is 38.1 Å². The molecule has 0 radical (unpaired) electrons. The van der Waals surface area contributed by atoms with Gasteiger partial charge in [-0.25, -0.2) is 0 Å². The Kier molecular flexibility index (Phi) is 4.13. The van der Waals surface area contributed by atoms with Crippen molar-refractivity contribution in [2.45, 2.75) is 57.4 Å². The van der Waals surface area contributed by atoms with Gasteiger partial charge in [0, 0.05) is 11.7 Å². The van der Waals surface area contributed by atoms with E-state index >= 15 is 0 Å². The van der Waals surface area contributed by atoms with Gasteiger partial charge in [-0.15, -0.1) is 0 Å². The monoisotopic (exact) mass is 260 g/mol. The van der Waals surface area contributed by atoms with Gasteiger partial charge in [0.1, 0.15) is 0 Å². The molecule has 0 unspecified atom stereocenters. The van der Waals surface area contributed by atoms with Gasteiger partial charge >= 0.3 is 0 Å². The molecule has 1 saturated carbocycles. The van der Waals surface area contributed by atoms with E-state index in [4.69, 9.17) is 5.73 Å². The zero-order chi connectivity index (χ0) is 13.9. The lowest BCUT2D eigenvalue weighted by molar-refractivity contribution is -0.126. The summed E-state index contributed by atoms with van der Waals surface area (Å²) in [5, 5.41) is 3.20. The highest BCUT2D eigenvalue weighted by atomic mass is 16.2. The van der Waals surface area contributed by atoms with Gasteiger partial charge in [-0.2, -0.15) is 0 Å². The lowest BCUT2D eigenvalue weighted by atomic mass is 9.83. The highest BCUT2D eigenvalue weighted by molar-refractivity contribution is 5.87. The number of nitrogen functional groups attached to an aromatic ring is 1. The van der Waals surface area contributed by atoms with Crippen molar-refractivity contribution in [2.75, 3.05) is 5.73 Å². The number of carbonyl (C=O) groups is 1. The van der Waals surface area contributed by atoms with E-state index in [0.29, 0.717) is 6.04 Å². The van der Waals surface area contributed by atoms with Crippen LogP contribution in [0.1, 0.15) is 51.5 Å². The van der Waals surface area contributed by atoms with Crippen LogP contribution in [-0.2, 0) is 10.2 Å². The van der Waals surface area contributed by atoms with E-state index in [1.165, 1.54) is 19.3 Å². The summed E-state index contributed by atoms with van der Waals surface area (Å²) < 4.78 is 0. The molecule has 0 heterocycles. The van der Waals surface area contributed by atoms with Crippen LogP contribution in [0, 0.1) is 0 Å². The molecule has 104 valence electrons. The predicted octanol–water partition coefficient (Wildman–Crippen LogP) is 3.00. The zero-order valence-electron chi connectivity index (χ0n) is 11.9. The maximum absolute atomic E-state index is 12.5. The maximum Gasteiger partial charge on any atom is 0.230 e. The average Bonchev–Trinajstić information content (AvgIpc) is 2.40. The number of anilines is 1. The zero-order valence-corrected chi connectivity index (χ0v) is 11.9. The van der Waals surface area contributed by atoms with Crippen LogP contribution >= 0.6 is 0 Å². The van der Waals surface area contributed by atoms with E-state index in [2.05, 4.69) is 5.32 Å². The topological polar surface area (TPSA) is 55.1 Å². The second kappa shape index (κ2) is 5.64. The van der Waals surface area contributed by atoms with Crippen molar-refractivity contribution in [1.82, 2.24) is 5.32 Å². The summed E-state index contributed by atoms with van der Waals surface area (Å²) in [5.74, 6) is 0.115. The van der Waals surface area contributed by atoms with E-state index in [1.54, 1.807) is 0 Å². The average molecular weight is 260 g/mol. The molecule has 1 fully saturated rings. The second-order valence-electron chi connectivity index (χ2n) is 6.06. The van der Waals surface area contributed by atoms with Crippen molar-refractivity contribution in [3.05, 3.63) is 29.8 Å². The predicted molar refractivity (Wildman–Crippen MR) is 78.9 cm³/mol. The Hall–Kier alpha value is -1.51. The lowest BCUT2D eigenvalue weighted by Crippen LogP contribution is -2.45. The van der Waals surface area contributed by atoms with Crippen LogP contribution in [0.3, 0.4) is 0 Å². The van der Waals surface area contributed by atoms with Gasteiger partial charge in [-0.1, -0.05) is 31.4 Å². The Morgan fingerprint density at radius 1 is 1.16 bits per heavy atom. The third-order valence-corrected chi connectivity index (χ3v) is 4.14. The van der Waals surface area contributed by atoms with Crippen molar-refractivity contribution in [3.63, 3.8) is 0 Å². The Morgan fingerprint density at radius 2 is 1.74 bits per heavy atom. The van der Waals surface area contributed by atoms with Crippen LogP contribution in [-0.4, -0.2) is 11.9 Å². The first kappa shape index (κ1) is 13.9. The normalized spacial score (nSPS) is 17.2. The number of nitrogens with two attached hydrogens (primary N) is 1. The summed E-state index contributed by atoms with van der Waals surface area (Å²) in [4.78, 5) is 12.5. The van der Waals surface area contributed by atoms with E-state index < -0.39 is 5.41 Å². The first-order valence-electron chi connectivity index (χ1n) is 7.17. The number of hydrogen-bond acceptors (Lipinski definition) is 2. The molecule has 2 rings (SSSR count). The largest absolute Gasteiger partial charge is 0.399 e. The molecule has 1 aromatic carbocycles. The molecule has 3 N–H and O–H groups in total. The summed E-state index contributed by atoms with van der Waals surface area (Å²) in [7, 11) is 0. The molecule has 1 aromatic rings. The Labute approximate surface area is 115 Å². The Balaban J connectivity index is 2.05. The van der Waals surface area contributed by atoms with Crippen LogP contribution in [0.4, 0.5) is 5.69 Å². The summed E-state index contributed by atoms with van der Waals surface area (Å²) in [5.41, 5.74) is 6.92. The molecule has 0 aliphatic heterocycles. The molecule has 0 bridgehead atoms. The summed E-state index contributed by atoms with van der Waals surface area (Å²) in [6.45, 7) is 3.94. The number of nitrogens with one attached hydrogen (secondary N) is 1. The molecular formula is C16H24N2O. The molecular weight excluding hydrogens is 236 g/mol. The molecule has 0 spiro atoms. The van der Waals surface area contributed by atoms with Gasteiger partial charge < -0.3 is 11.1 Å². The standard InChI is InChI=1S/C16H24N2O/c1-16(2,12-8-10-13(17)11-9-12)15(19)18-14-6-4-3-5-7-14/h8-11,14H,3-7,17H2,1-2H3,(H,18,19). The molecule has 3 heteroatoms. The molecule has 1 aliphatic carbocycles. The Morgan fingerprint density at radius 3 is 2.32 bits per heavy atom. The smallest absolute Gasteiger partial charge is 0.230 e. The molecule has 19 heavy (non-hydrogen) atoms. The molecule has 0 aromatic heterocycles. The van der Waals surface area contributed by atoms with Crippen molar-refractivity contribution in [1.29, 1.82) is 0 Å². The van der Waals surface area contributed by atoms with Gasteiger partial charge in [0.2, 0.25) is 5.91 Å². The second-order valence-corrected chi connectivity index (χ2v) is 6.06. The van der Waals surface area contributed by atoms with Crippen LogP contribution < -0.4 is 11.1 Å². The fraction of sp³-hybridized carbons (Fsp3) is 0.562. The van der Waals surface area contributed by atoms with E-state index in [9.17, 15) is 4.79 Å². The number of hydrogen-bond donors (Lipinski definition) is 2. The van der Waals surface area contributed by atoms with Gasteiger partial charge in [-0.3, -0.25) is 4.79 Å². The lowest BCUT2D eigenvalue weighted by Gasteiger charge is -2.29. The minimum Gasteiger partial charge on any atom is -0.399 e.